The number of rotatable bonds is 9. The first-order valence-electron chi connectivity index (χ1n) is 10.7. The molecule has 3 atom stereocenters. The molecule has 0 spiro atoms. The van der Waals surface area contributed by atoms with Gasteiger partial charge in [0.15, 0.2) is 0 Å². The molecule has 7 heteroatoms. The van der Waals surface area contributed by atoms with Crippen LogP contribution in [0.1, 0.15) is 48.1 Å². The zero-order chi connectivity index (χ0) is 22.4. The molecule has 1 amide bonds. The molecule has 4 nitrogen and oxygen atoms in total. The van der Waals surface area contributed by atoms with Crippen molar-refractivity contribution in [3.05, 3.63) is 70.3 Å². The summed E-state index contributed by atoms with van der Waals surface area (Å²) in [6.45, 7) is 2.38. The third-order valence-corrected chi connectivity index (χ3v) is 6.33. The fraction of sp³-hybridized carbons (Fsp3) is 0.458. The second kappa shape index (κ2) is 11.2. The van der Waals surface area contributed by atoms with Crippen LogP contribution in [0.2, 0.25) is 0 Å². The number of carbonyl (C=O) groups excluding carboxylic acids is 1. The lowest BCUT2D eigenvalue weighted by molar-refractivity contribution is -0.120. The fourth-order valence-corrected chi connectivity index (χ4v) is 4.36. The first-order valence-corrected chi connectivity index (χ1v) is 11.8. The minimum atomic E-state index is -0.922. The second-order valence-corrected chi connectivity index (χ2v) is 8.66. The van der Waals surface area contributed by atoms with Gasteiger partial charge in [-0.05, 0) is 66.5 Å². The van der Waals surface area contributed by atoms with Crippen LogP contribution in [0.15, 0.2) is 36.4 Å². The van der Waals surface area contributed by atoms with Crippen LogP contribution in [0.25, 0.3) is 0 Å². The average Bonchev–Trinajstić information content (AvgIpc) is 2.75. The zero-order valence-corrected chi connectivity index (χ0v) is 19.2. The highest BCUT2D eigenvalue weighted by molar-refractivity contribution is 9.09. The number of benzene rings is 2. The second-order valence-electron chi connectivity index (χ2n) is 8.10. The van der Waals surface area contributed by atoms with Gasteiger partial charge in [0.2, 0.25) is 5.91 Å². The van der Waals surface area contributed by atoms with E-state index in [2.05, 4.69) is 51.7 Å². The van der Waals surface area contributed by atoms with Crippen LogP contribution in [-0.4, -0.2) is 35.0 Å². The fourth-order valence-electron chi connectivity index (χ4n) is 4.20. The molecule has 3 N–H and O–H groups in total. The minimum absolute atomic E-state index is 0.0803. The predicted molar refractivity (Wildman–Crippen MR) is 121 cm³/mol. The molecule has 2 unspecified atom stereocenters. The summed E-state index contributed by atoms with van der Waals surface area (Å²) in [4.78, 5) is 12.0. The molecule has 1 aliphatic carbocycles. The molecule has 0 radical (unpaired) electrons. The molecule has 0 saturated carbocycles. The van der Waals surface area contributed by atoms with Crippen molar-refractivity contribution < 1.29 is 18.7 Å². The molecule has 0 aromatic heterocycles. The highest BCUT2D eigenvalue weighted by Crippen LogP contribution is 2.30. The maximum absolute atomic E-state index is 13.6. The molecule has 1 aliphatic rings. The van der Waals surface area contributed by atoms with Crippen molar-refractivity contribution in [1.82, 2.24) is 10.6 Å². The highest BCUT2D eigenvalue weighted by atomic mass is 79.9. The summed E-state index contributed by atoms with van der Waals surface area (Å²) in [5.74, 6) is -1.66. The molecule has 0 fully saturated rings. The lowest BCUT2D eigenvalue weighted by atomic mass is 9.86. The van der Waals surface area contributed by atoms with Crippen LogP contribution in [0.3, 0.4) is 0 Å². The Morgan fingerprint density at radius 2 is 1.94 bits per heavy atom. The van der Waals surface area contributed by atoms with E-state index in [1.165, 1.54) is 28.8 Å². The van der Waals surface area contributed by atoms with Gasteiger partial charge in [0.1, 0.15) is 11.6 Å². The first kappa shape index (κ1) is 23.8. The average molecular weight is 495 g/mol. The number of hydrogen-bond donors (Lipinski definition) is 3. The number of amides is 1. The number of hydrogen-bond acceptors (Lipinski definition) is 3. The van der Waals surface area contributed by atoms with Crippen LogP contribution in [0.4, 0.5) is 8.78 Å². The molecule has 3 rings (SSSR count). The predicted octanol–water partition coefficient (Wildman–Crippen LogP) is 3.98. The smallest absolute Gasteiger partial charge is 0.230 e. The Bertz CT molecular complexity index is 889. The number of nitrogens with one attached hydrogen (secondary N) is 2. The van der Waals surface area contributed by atoms with E-state index < -0.39 is 23.8 Å². The molecule has 0 aliphatic heterocycles. The van der Waals surface area contributed by atoms with Gasteiger partial charge >= 0.3 is 0 Å². The lowest BCUT2D eigenvalue weighted by Crippen LogP contribution is -2.49. The summed E-state index contributed by atoms with van der Waals surface area (Å²) in [5, 5.41) is 17.1. The van der Waals surface area contributed by atoms with Crippen molar-refractivity contribution >= 4 is 21.8 Å². The summed E-state index contributed by atoms with van der Waals surface area (Å²) < 4.78 is 27.2. The van der Waals surface area contributed by atoms with Crippen molar-refractivity contribution in [2.24, 2.45) is 0 Å². The number of alkyl halides is 1. The van der Waals surface area contributed by atoms with Gasteiger partial charge in [-0.2, -0.15) is 0 Å². The summed E-state index contributed by atoms with van der Waals surface area (Å²) in [7, 11) is 0. The standard InChI is InChI=1S/C24H29BrF2N2O2/c1-2-15-6-7-17-4-3-5-21(20(17)10-15)28-14-23(30)22(29-24(31)13-25)11-16-8-18(26)12-19(27)9-16/h6-10,12,21-23,28,30H,2-5,11,13-14H2,1H3,(H,29,31)/t21-,22?,23?/m0/s1. The maximum Gasteiger partial charge on any atom is 0.230 e. The van der Waals surface area contributed by atoms with Gasteiger partial charge in [-0.15, -0.1) is 0 Å². The third-order valence-electron chi connectivity index (χ3n) is 5.82. The maximum atomic E-state index is 13.6. The van der Waals surface area contributed by atoms with Crippen molar-refractivity contribution in [3.63, 3.8) is 0 Å². The van der Waals surface area contributed by atoms with Crippen molar-refractivity contribution in [1.29, 1.82) is 0 Å². The van der Waals surface area contributed by atoms with E-state index in [-0.39, 0.29) is 30.2 Å². The van der Waals surface area contributed by atoms with Gasteiger partial charge in [0.05, 0.1) is 17.5 Å². The molecular weight excluding hydrogens is 466 g/mol. The highest BCUT2D eigenvalue weighted by Gasteiger charge is 2.25. The Kier molecular flexibility index (Phi) is 8.58. The van der Waals surface area contributed by atoms with E-state index in [1.54, 1.807) is 0 Å². The van der Waals surface area contributed by atoms with Gasteiger partial charge in [-0.25, -0.2) is 8.78 Å². The van der Waals surface area contributed by atoms with Gasteiger partial charge in [-0.1, -0.05) is 41.1 Å². The number of carbonyl (C=O) groups is 1. The summed E-state index contributed by atoms with van der Waals surface area (Å²) in [6, 6.07) is 9.29. The Morgan fingerprint density at radius 3 is 2.61 bits per heavy atom. The quantitative estimate of drug-likeness (QED) is 0.462. The Hall–Kier alpha value is -1.83. The van der Waals surface area contributed by atoms with E-state index in [9.17, 15) is 18.7 Å². The van der Waals surface area contributed by atoms with Gasteiger partial charge in [0.25, 0.3) is 0 Å². The summed E-state index contributed by atoms with van der Waals surface area (Å²) >= 11 is 3.10. The SMILES string of the molecule is CCc1ccc2c(c1)[C@@H](NCC(O)C(Cc1cc(F)cc(F)c1)NC(=O)CBr)CCC2. The molecule has 0 bridgehead atoms. The van der Waals surface area contributed by atoms with Crippen LogP contribution in [-0.2, 0) is 24.1 Å². The zero-order valence-electron chi connectivity index (χ0n) is 17.6. The van der Waals surface area contributed by atoms with E-state index in [0.717, 1.165) is 31.7 Å². The topological polar surface area (TPSA) is 61.4 Å². The molecule has 0 heterocycles. The van der Waals surface area contributed by atoms with Crippen LogP contribution in [0, 0.1) is 11.6 Å². The molecule has 168 valence electrons. The third kappa shape index (κ3) is 6.57. The number of fused-ring (bicyclic) bond motifs is 1. The Labute approximate surface area is 190 Å². The largest absolute Gasteiger partial charge is 0.390 e. The van der Waals surface area contributed by atoms with E-state index >= 15 is 0 Å². The van der Waals surface area contributed by atoms with Gasteiger partial charge < -0.3 is 15.7 Å². The monoisotopic (exact) mass is 494 g/mol. The van der Waals surface area contributed by atoms with Gasteiger partial charge in [0, 0.05) is 18.7 Å². The number of aliphatic hydroxyl groups is 1. The van der Waals surface area contributed by atoms with Gasteiger partial charge in [-0.3, -0.25) is 4.79 Å². The van der Waals surface area contributed by atoms with E-state index in [0.29, 0.717) is 5.56 Å². The van der Waals surface area contributed by atoms with Crippen LogP contribution in [0.5, 0.6) is 0 Å². The van der Waals surface area contributed by atoms with Crippen LogP contribution < -0.4 is 10.6 Å². The normalized spacial score (nSPS) is 17.6. The molecule has 31 heavy (non-hydrogen) atoms. The number of aliphatic hydroxyl groups excluding tert-OH is 1. The summed E-state index contributed by atoms with van der Waals surface area (Å²) in [5.41, 5.74) is 4.26. The van der Waals surface area contributed by atoms with Crippen molar-refractivity contribution in [2.75, 3.05) is 11.9 Å². The minimum Gasteiger partial charge on any atom is -0.390 e. The first-order chi connectivity index (χ1) is 14.9. The molecule has 0 saturated heterocycles. The van der Waals surface area contributed by atoms with Crippen molar-refractivity contribution in [2.45, 2.75) is 57.2 Å². The molecular formula is C24H29BrF2N2O2. The molecule has 2 aromatic carbocycles. The number of halogens is 3. The summed E-state index contributed by atoms with van der Waals surface area (Å²) in [6.07, 6.45) is 3.26. The van der Waals surface area contributed by atoms with Crippen molar-refractivity contribution in [3.8, 4) is 0 Å². The van der Waals surface area contributed by atoms with Crippen LogP contribution >= 0.6 is 15.9 Å². The van der Waals surface area contributed by atoms with E-state index in [4.69, 9.17) is 0 Å². The Morgan fingerprint density at radius 1 is 1.19 bits per heavy atom. The Balaban J connectivity index is 1.70. The molecule has 2 aromatic rings. The van der Waals surface area contributed by atoms with E-state index in [1.807, 2.05) is 0 Å². The number of aryl methyl sites for hydroxylation is 2. The lowest BCUT2D eigenvalue weighted by Gasteiger charge is -2.30.